The van der Waals surface area contributed by atoms with Crippen molar-refractivity contribution in [3.63, 3.8) is 0 Å². The van der Waals surface area contributed by atoms with Gasteiger partial charge in [-0.3, -0.25) is 0 Å². The van der Waals surface area contributed by atoms with Gasteiger partial charge in [-0.1, -0.05) is 11.6 Å². The van der Waals surface area contributed by atoms with Gasteiger partial charge in [0.15, 0.2) is 0 Å². The van der Waals surface area contributed by atoms with Gasteiger partial charge in [-0.2, -0.15) is 0 Å². The lowest BCUT2D eigenvalue weighted by atomic mass is 10.2. The molecule has 1 aliphatic heterocycles. The maximum Gasteiger partial charge on any atom is 0.211 e. The molecule has 1 aromatic carbocycles. The van der Waals surface area contributed by atoms with Crippen LogP contribution in [0.5, 0.6) is 0 Å². The van der Waals surface area contributed by atoms with Crippen LogP contribution in [0.4, 0.5) is 5.82 Å². The lowest BCUT2D eigenvalue weighted by molar-refractivity contribution is 0.437. The van der Waals surface area contributed by atoms with Crippen molar-refractivity contribution in [1.82, 2.24) is 14.3 Å². The first-order valence-electron chi connectivity index (χ1n) is 7.05. The number of hydrogen-bond donors (Lipinski definition) is 0. The first-order chi connectivity index (χ1) is 10.4. The molecule has 1 saturated heterocycles. The third-order valence-electron chi connectivity index (χ3n) is 3.80. The topological polar surface area (TPSA) is 66.4 Å². The molecule has 6 nitrogen and oxygen atoms in total. The van der Waals surface area contributed by atoms with Crippen LogP contribution in [0, 0.1) is 0 Å². The van der Waals surface area contributed by atoms with Gasteiger partial charge >= 0.3 is 0 Å². The van der Waals surface area contributed by atoms with E-state index in [-0.39, 0.29) is 0 Å². The van der Waals surface area contributed by atoms with Crippen LogP contribution in [0.1, 0.15) is 6.42 Å². The quantitative estimate of drug-likeness (QED) is 0.833. The molecule has 0 amide bonds. The maximum absolute atomic E-state index is 11.7. The van der Waals surface area contributed by atoms with Gasteiger partial charge in [-0.15, -0.1) is 0 Å². The van der Waals surface area contributed by atoms with Crippen molar-refractivity contribution in [3.8, 4) is 0 Å². The summed E-state index contributed by atoms with van der Waals surface area (Å²) in [5.74, 6) is 0.831. The highest BCUT2D eigenvalue weighted by atomic mass is 35.5. The predicted octanol–water partition coefficient (Wildman–Crippen LogP) is 1.75. The summed E-state index contributed by atoms with van der Waals surface area (Å²) in [6, 6.07) is 5.53. The molecule has 0 bridgehead atoms. The van der Waals surface area contributed by atoms with Gasteiger partial charge in [0, 0.05) is 36.6 Å². The Kier molecular flexibility index (Phi) is 4.20. The minimum absolute atomic E-state index is 0.470. The van der Waals surface area contributed by atoms with Crippen molar-refractivity contribution in [2.24, 2.45) is 0 Å². The highest BCUT2D eigenvalue weighted by molar-refractivity contribution is 7.88. The van der Waals surface area contributed by atoms with Crippen LogP contribution >= 0.6 is 11.6 Å². The summed E-state index contributed by atoms with van der Waals surface area (Å²) in [6.45, 7) is 2.39. The lowest BCUT2D eigenvalue weighted by Crippen LogP contribution is -2.34. The van der Waals surface area contributed by atoms with Gasteiger partial charge in [-0.05, 0) is 24.6 Å². The molecule has 0 radical (unpaired) electrons. The average Bonchev–Trinajstić information content (AvgIpc) is 2.71. The van der Waals surface area contributed by atoms with Crippen LogP contribution in [-0.2, 0) is 10.0 Å². The van der Waals surface area contributed by atoms with E-state index in [2.05, 4.69) is 14.9 Å². The summed E-state index contributed by atoms with van der Waals surface area (Å²) in [5.41, 5.74) is 0.793. The average molecular weight is 341 g/mol. The largest absolute Gasteiger partial charge is 0.355 e. The van der Waals surface area contributed by atoms with Crippen molar-refractivity contribution in [2.75, 3.05) is 37.3 Å². The fraction of sp³-hybridized carbons (Fsp3) is 0.429. The van der Waals surface area contributed by atoms with Crippen LogP contribution in [0.15, 0.2) is 24.5 Å². The second-order valence-corrected chi connectivity index (χ2v) is 7.78. The number of anilines is 1. The monoisotopic (exact) mass is 340 g/mol. The van der Waals surface area contributed by atoms with Crippen LogP contribution in [0.25, 0.3) is 10.9 Å². The number of aromatic nitrogens is 2. The molecule has 1 aliphatic rings. The Morgan fingerprint density at radius 3 is 2.73 bits per heavy atom. The van der Waals surface area contributed by atoms with Gasteiger partial charge in [-0.25, -0.2) is 22.7 Å². The van der Waals surface area contributed by atoms with E-state index in [9.17, 15) is 8.42 Å². The highest BCUT2D eigenvalue weighted by Crippen LogP contribution is 2.26. The molecule has 118 valence electrons. The van der Waals surface area contributed by atoms with E-state index in [1.54, 1.807) is 0 Å². The molecule has 2 aromatic rings. The van der Waals surface area contributed by atoms with E-state index < -0.39 is 10.0 Å². The molecule has 1 fully saturated rings. The van der Waals surface area contributed by atoms with Crippen LogP contribution in [-0.4, -0.2) is 55.1 Å². The number of halogens is 1. The molecular weight excluding hydrogens is 324 g/mol. The summed E-state index contributed by atoms with van der Waals surface area (Å²) in [5, 5.41) is 1.57. The van der Waals surface area contributed by atoms with Crippen LogP contribution < -0.4 is 4.90 Å². The van der Waals surface area contributed by atoms with Gasteiger partial charge < -0.3 is 4.90 Å². The summed E-state index contributed by atoms with van der Waals surface area (Å²) < 4.78 is 24.9. The smallest absolute Gasteiger partial charge is 0.211 e. The molecule has 1 aromatic heterocycles. The highest BCUT2D eigenvalue weighted by Gasteiger charge is 2.22. The summed E-state index contributed by atoms with van der Waals surface area (Å²) in [4.78, 5) is 10.8. The van der Waals surface area contributed by atoms with Gasteiger partial charge in [0.25, 0.3) is 0 Å². The third-order valence-corrected chi connectivity index (χ3v) is 5.34. The molecule has 0 spiro atoms. The molecule has 3 rings (SSSR count). The number of rotatable bonds is 2. The standard InChI is InChI=1S/C14H17ClN4O2S/c1-22(20,21)19-6-2-5-18(7-8-19)14-12-4-3-11(15)9-13(12)16-10-17-14/h3-4,9-10H,2,5-8H2,1H3. The Morgan fingerprint density at radius 1 is 1.14 bits per heavy atom. The fourth-order valence-electron chi connectivity index (χ4n) is 2.71. The zero-order valence-corrected chi connectivity index (χ0v) is 13.8. The summed E-state index contributed by atoms with van der Waals surface area (Å²) in [7, 11) is -3.15. The van der Waals surface area contributed by atoms with Crippen molar-refractivity contribution in [3.05, 3.63) is 29.5 Å². The Hall–Kier alpha value is -1.44. The molecule has 0 aliphatic carbocycles. The van der Waals surface area contributed by atoms with Crippen LogP contribution in [0.2, 0.25) is 5.02 Å². The molecule has 0 saturated carbocycles. The normalized spacial score (nSPS) is 17.6. The number of benzene rings is 1. The van der Waals surface area contributed by atoms with E-state index in [1.807, 2.05) is 18.2 Å². The number of nitrogens with zero attached hydrogens (tertiary/aromatic N) is 4. The summed E-state index contributed by atoms with van der Waals surface area (Å²) in [6.07, 6.45) is 3.55. The molecule has 2 heterocycles. The Labute approximate surface area is 134 Å². The molecule has 0 unspecified atom stereocenters. The minimum atomic E-state index is -3.15. The van der Waals surface area contributed by atoms with Crippen molar-refractivity contribution in [2.45, 2.75) is 6.42 Å². The fourth-order valence-corrected chi connectivity index (χ4v) is 3.75. The number of hydrogen-bond acceptors (Lipinski definition) is 5. The number of sulfonamides is 1. The zero-order valence-electron chi connectivity index (χ0n) is 12.2. The van der Waals surface area contributed by atoms with Crippen molar-refractivity contribution in [1.29, 1.82) is 0 Å². The Balaban J connectivity index is 1.92. The first-order valence-corrected chi connectivity index (χ1v) is 9.28. The Morgan fingerprint density at radius 2 is 1.95 bits per heavy atom. The molecule has 22 heavy (non-hydrogen) atoms. The Bertz CT molecular complexity index is 797. The molecule has 0 N–H and O–H groups in total. The SMILES string of the molecule is CS(=O)(=O)N1CCCN(c2ncnc3cc(Cl)ccc23)CC1. The van der Waals surface area contributed by atoms with Crippen molar-refractivity contribution < 1.29 is 8.42 Å². The lowest BCUT2D eigenvalue weighted by Gasteiger charge is -2.23. The van der Waals surface area contributed by atoms with Gasteiger partial charge in [0.1, 0.15) is 12.1 Å². The predicted molar refractivity (Wildman–Crippen MR) is 87.8 cm³/mol. The van der Waals surface area contributed by atoms with E-state index >= 15 is 0 Å². The summed E-state index contributed by atoms with van der Waals surface area (Å²) >= 11 is 6.00. The van der Waals surface area contributed by atoms with Crippen molar-refractivity contribution >= 4 is 38.3 Å². The maximum atomic E-state index is 11.7. The molecule has 0 atom stereocenters. The second kappa shape index (κ2) is 5.98. The third kappa shape index (κ3) is 3.16. The number of fused-ring (bicyclic) bond motifs is 1. The van der Waals surface area contributed by atoms with E-state index in [0.717, 1.165) is 29.7 Å². The second-order valence-electron chi connectivity index (χ2n) is 5.36. The zero-order chi connectivity index (χ0) is 15.7. The molecular formula is C14H17ClN4O2S. The van der Waals surface area contributed by atoms with Crippen LogP contribution in [0.3, 0.4) is 0 Å². The van der Waals surface area contributed by atoms with Gasteiger partial charge in [0.05, 0.1) is 11.8 Å². The van der Waals surface area contributed by atoms with E-state index in [1.165, 1.54) is 16.9 Å². The van der Waals surface area contributed by atoms with E-state index in [4.69, 9.17) is 11.6 Å². The first kappa shape index (κ1) is 15.5. The minimum Gasteiger partial charge on any atom is -0.355 e. The molecule has 8 heteroatoms. The van der Waals surface area contributed by atoms with Gasteiger partial charge in [0.2, 0.25) is 10.0 Å². The van der Waals surface area contributed by atoms with E-state index in [0.29, 0.717) is 24.7 Å².